The Morgan fingerprint density at radius 2 is 2.29 bits per heavy atom. The number of nitrogen functional groups attached to an aromatic ring is 1. The van der Waals surface area contributed by atoms with E-state index in [1.807, 2.05) is 30.6 Å². The van der Waals surface area contributed by atoms with Gasteiger partial charge in [-0.2, -0.15) is 0 Å². The van der Waals surface area contributed by atoms with Gasteiger partial charge in [-0.3, -0.25) is 0 Å². The van der Waals surface area contributed by atoms with Gasteiger partial charge in [-0.1, -0.05) is 11.6 Å². The third-order valence-electron chi connectivity index (χ3n) is 2.48. The van der Waals surface area contributed by atoms with Crippen LogP contribution in [0.4, 0.5) is 5.69 Å². The molecule has 0 aliphatic rings. The summed E-state index contributed by atoms with van der Waals surface area (Å²) >= 11 is 7.68. The maximum atomic E-state index is 5.97. The molecule has 0 fully saturated rings. The number of anilines is 1. The molecule has 2 rings (SSSR count). The summed E-state index contributed by atoms with van der Waals surface area (Å²) in [6, 6.07) is 5.70. The highest BCUT2D eigenvalue weighted by Gasteiger charge is 2.04. The van der Waals surface area contributed by atoms with Crippen molar-refractivity contribution in [2.75, 3.05) is 5.73 Å². The number of halogens is 1. The van der Waals surface area contributed by atoms with E-state index in [1.165, 1.54) is 0 Å². The van der Waals surface area contributed by atoms with E-state index < -0.39 is 0 Å². The van der Waals surface area contributed by atoms with Gasteiger partial charge >= 0.3 is 0 Å². The molecule has 5 heteroatoms. The van der Waals surface area contributed by atoms with Crippen molar-refractivity contribution in [2.24, 2.45) is 0 Å². The molecule has 0 bridgehead atoms. The molecule has 2 N–H and O–H groups in total. The topological polar surface area (TPSA) is 43.8 Å². The van der Waals surface area contributed by atoms with E-state index in [2.05, 4.69) is 16.5 Å². The lowest BCUT2D eigenvalue weighted by molar-refractivity contribution is 0.726. The van der Waals surface area contributed by atoms with Crippen molar-refractivity contribution in [3.05, 3.63) is 41.4 Å². The minimum absolute atomic E-state index is 0.605. The normalized spacial score (nSPS) is 10.7. The SMILES string of the molecule is CCn1ccnc1CSc1ccc(N)c(Cl)c1. The van der Waals surface area contributed by atoms with E-state index in [4.69, 9.17) is 17.3 Å². The first-order valence-corrected chi connectivity index (χ1v) is 6.75. The number of nitrogens with two attached hydrogens (primary N) is 1. The zero-order valence-electron chi connectivity index (χ0n) is 9.56. The van der Waals surface area contributed by atoms with Crippen LogP contribution in [0.3, 0.4) is 0 Å². The molecule has 3 nitrogen and oxygen atoms in total. The fraction of sp³-hybridized carbons (Fsp3) is 0.250. The van der Waals surface area contributed by atoms with Crippen molar-refractivity contribution in [3.63, 3.8) is 0 Å². The second kappa shape index (κ2) is 5.47. The molecule has 0 unspecified atom stereocenters. The zero-order chi connectivity index (χ0) is 12.3. The largest absolute Gasteiger partial charge is 0.398 e. The molecule has 1 aromatic heterocycles. The lowest BCUT2D eigenvalue weighted by Crippen LogP contribution is -1.98. The summed E-state index contributed by atoms with van der Waals surface area (Å²) < 4.78 is 2.13. The average molecular weight is 268 g/mol. The van der Waals surface area contributed by atoms with Crippen LogP contribution in [0, 0.1) is 0 Å². The Morgan fingerprint density at radius 1 is 1.47 bits per heavy atom. The third kappa shape index (κ3) is 2.96. The lowest BCUT2D eigenvalue weighted by Gasteiger charge is -2.05. The predicted molar refractivity (Wildman–Crippen MR) is 73.3 cm³/mol. The second-order valence-electron chi connectivity index (χ2n) is 3.60. The van der Waals surface area contributed by atoms with Gasteiger partial charge in [0.1, 0.15) is 5.82 Å². The fourth-order valence-corrected chi connectivity index (χ4v) is 2.66. The van der Waals surface area contributed by atoms with Crippen LogP contribution in [0.2, 0.25) is 5.02 Å². The molecule has 2 aromatic rings. The van der Waals surface area contributed by atoms with Gasteiger partial charge < -0.3 is 10.3 Å². The predicted octanol–water partition coefficient (Wildman–Crippen LogP) is 3.43. The maximum absolute atomic E-state index is 5.97. The Labute approximate surface area is 110 Å². The number of aromatic nitrogens is 2. The molecule has 0 saturated heterocycles. The number of aryl methyl sites for hydroxylation is 1. The molecular formula is C12H14ClN3S. The highest BCUT2D eigenvalue weighted by atomic mass is 35.5. The Kier molecular flexibility index (Phi) is 3.97. The molecule has 1 aromatic carbocycles. The van der Waals surface area contributed by atoms with E-state index in [-0.39, 0.29) is 0 Å². The van der Waals surface area contributed by atoms with Crippen molar-refractivity contribution in [3.8, 4) is 0 Å². The van der Waals surface area contributed by atoms with Gasteiger partial charge in [0, 0.05) is 23.8 Å². The van der Waals surface area contributed by atoms with Crippen LogP contribution >= 0.6 is 23.4 Å². The van der Waals surface area contributed by atoms with E-state index in [0.29, 0.717) is 10.7 Å². The third-order valence-corrected chi connectivity index (χ3v) is 3.80. The number of benzene rings is 1. The monoisotopic (exact) mass is 267 g/mol. The van der Waals surface area contributed by atoms with Crippen LogP contribution in [-0.4, -0.2) is 9.55 Å². The molecular weight excluding hydrogens is 254 g/mol. The van der Waals surface area contributed by atoms with Gasteiger partial charge in [-0.05, 0) is 25.1 Å². The van der Waals surface area contributed by atoms with Crippen molar-refractivity contribution in [1.29, 1.82) is 0 Å². The van der Waals surface area contributed by atoms with E-state index in [9.17, 15) is 0 Å². The van der Waals surface area contributed by atoms with Crippen LogP contribution in [0.15, 0.2) is 35.5 Å². The summed E-state index contributed by atoms with van der Waals surface area (Å²) in [5.41, 5.74) is 6.28. The highest BCUT2D eigenvalue weighted by molar-refractivity contribution is 7.98. The maximum Gasteiger partial charge on any atom is 0.119 e. The van der Waals surface area contributed by atoms with Crippen molar-refractivity contribution in [2.45, 2.75) is 24.1 Å². The van der Waals surface area contributed by atoms with Gasteiger partial charge in [0.25, 0.3) is 0 Å². The Bertz CT molecular complexity index is 510. The minimum Gasteiger partial charge on any atom is -0.398 e. The number of nitrogens with zero attached hydrogens (tertiary/aromatic N) is 2. The molecule has 90 valence electrons. The van der Waals surface area contributed by atoms with Gasteiger partial charge in [-0.25, -0.2) is 4.98 Å². The Morgan fingerprint density at radius 3 is 3.00 bits per heavy atom. The van der Waals surface area contributed by atoms with Crippen LogP contribution in [0.1, 0.15) is 12.7 Å². The van der Waals surface area contributed by atoms with Crippen molar-refractivity contribution < 1.29 is 0 Å². The summed E-state index contributed by atoms with van der Waals surface area (Å²) in [7, 11) is 0. The van der Waals surface area contributed by atoms with Crippen LogP contribution in [0.25, 0.3) is 0 Å². The summed E-state index contributed by atoms with van der Waals surface area (Å²) in [6.07, 6.45) is 3.82. The summed E-state index contributed by atoms with van der Waals surface area (Å²) in [5, 5.41) is 0.605. The average Bonchev–Trinajstić information content (AvgIpc) is 2.78. The second-order valence-corrected chi connectivity index (χ2v) is 5.06. The molecule has 0 amide bonds. The number of imidazole rings is 1. The first-order valence-electron chi connectivity index (χ1n) is 5.38. The first kappa shape index (κ1) is 12.3. The molecule has 17 heavy (non-hydrogen) atoms. The van der Waals surface area contributed by atoms with Gasteiger partial charge in [-0.15, -0.1) is 11.8 Å². The van der Waals surface area contributed by atoms with Gasteiger partial charge in [0.2, 0.25) is 0 Å². The molecule has 0 atom stereocenters. The molecule has 1 heterocycles. The number of hydrogen-bond donors (Lipinski definition) is 1. The lowest BCUT2D eigenvalue weighted by atomic mass is 10.3. The number of thioether (sulfide) groups is 1. The quantitative estimate of drug-likeness (QED) is 0.682. The highest BCUT2D eigenvalue weighted by Crippen LogP contribution is 2.28. The van der Waals surface area contributed by atoms with Gasteiger partial charge in [0.15, 0.2) is 0 Å². The first-order chi connectivity index (χ1) is 8.20. The molecule has 0 radical (unpaired) electrons. The van der Waals surface area contributed by atoms with Crippen LogP contribution < -0.4 is 5.73 Å². The van der Waals surface area contributed by atoms with E-state index in [1.54, 1.807) is 11.8 Å². The summed E-state index contributed by atoms with van der Waals surface area (Å²) in [5.74, 6) is 1.91. The van der Waals surface area contributed by atoms with E-state index in [0.717, 1.165) is 23.0 Å². The zero-order valence-corrected chi connectivity index (χ0v) is 11.1. The smallest absolute Gasteiger partial charge is 0.119 e. The Balaban J connectivity index is 2.05. The molecule has 0 aliphatic heterocycles. The van der Waals surface area contributed by atoms with Crippen LogP contribution in [-0.2, 0) is 12.3 Å². The standard InChI is InChI=1S/C12H14ClN3S/c1-2-16-6-5-15-12(16)8-17-9-3-4-11(14)10(13)7-9/h3-7H,2,8,14H2,1H3. The van der Waals surface area contributed by atoms with E-state index >= 15 is 0 Å². The molecule has 0 saturated carbocycles. The number of hydrogen-bond acceptors (Lipinski definition) is 3. The molecule has 0 spiro atoms. The van der Waals surface area contributed by atoms with Crippen molar-refractivity contribution >= 4 is 29.1 Å². The Hall–Kier alpha value is -1.13. The van der Waals surface area contributed by atoms with Crippen molar-refractivity contribution in [1.82, 2.24) is 9.55 Å². The van der Waals surface area contributed by atoms with Gasteiger partial charge in [0.05, 0.1) is 16.5 Å². The number of rotatable bonds is 4. The fourth-order valence-electron chi connectivity index (χ4n) is 1.51. The van der Waals surface area contributed by atoms with Crippen LogP contribution in [0.5, 0.6) is 0 Å². The summed E-state index contributed by atoms with van der Waals surface area (Å²) in [4.78, 5) is 5.43. The summed E-state index contributed by atoms with van der Waals surface area (Å²) in [6.45, 7) is 3.05. The molecule has 0 aliphatic carbocycles. The minimum atomic E-state index is 0.605.